The molecule has 4 rings (SSSR count). The number of sulfone groups is 1. The van der Waals surface area contributed by atoms with Crippen molar-refractivity contribution in [3.8, 4) is 11.5 Å². The molecule has 0 aliphatic carbocycles. The summed E-state index contributed by atoms with van der Waals surface area (Å²) in [7, 11) is -6.95. The van der Waals surface area contributed by atoms with Crippen LogP contribution in [-0.2, 0) is 19.9 Å². The van der Waals surface area contributed by atoms with Crippen LogP contribution in [-0.4, -0.2) is 34.9 Å². The van der Waals surface area contributed by atoms with E-state index in [1.54, 1.807) is 37.3 Å². The molecule has 0 saturated carbocycles. The molecule has 0 spiro atoms. The summed E-state index contributed by atoms with van der Waals surface area (Å²) >= 11 is 5.91. The molecule has 0 fully saturated rings. The van der Waals surface area contributed by atoms with Gasteiger partial charge in [-0.1, -0.05) is 41.9 Å². The minimum Gasteiger partial charge on any atom is -0.507 e. The van der Waals surface area contributed by atoms with Gasteiger partial charge in [-0.3, -0.25) is 0 Å². The van der Waals surface area contributed by atoms with Crippen molar-refractivity contribution in [1.29, 1.82) is 0 Å². The molecule has 0 aromatic heterocycles. The maximum atomic E-state index is 13.8. The van der Waals surface area contributed by atoms with Gasteiger partial charge in [0.15, 0.2) is 5.84 Å². The number of methoxy groups -OCH3 is 1. The van der Waals surface area contributed by atoms with Crippen molar-refractivity contribution in [3.05, 3.63) is 107 Å². The average molecular weight is 585 g/mol. The van der Waals surface area contributed by atoms with Crippen LogP contribution in [0.4, 0.5) is 5.69 Å². The molecule has 0 aliphatic heterocycles. The molecule has 39 heavy (non-hydrogen) atoms. The molecule has 0 bridgehead atoms. The van der Waals surface area contributed by atoms with Gasteiger partial charge in [-0.05, 0) is 74.0 Å². The lowest BCUT2D eigenvalue weighted by atomic mass is 10.1. The molecule has 0 heterocycles. The number of nitrogens with one attached hydrogen (secondary N) is 1. The highest BCUT2D eigenvalue weighted by atomic mass is 35.5. The van der Waals surface area contributed by atoms with E-state index in [2.05, 4.69) is 9.71 Å². The molecule has 0 amide bonds. The number of nitrogens with zero attached hydrogens (tertiary/aromatic N) is 1. The molecule has 11 heteroatoms. The predicted molar refractivity (Wildman–Crippen MR) is 151 cm³/mol. The number of phenols is 1. The van der Waals surface area contributed by atoms with Gasteiger partial charge in [0.1, 0.15) is 16.4 Å². The first-order valence-corrected chi connectivity index (χ1v) is 14.9. The molecule has 0 radical (unpaired) electrons. The minimum absolute atomic E-state index is 0.0373. The van der Waals surface area contributed by atoms with Crippen molar-refractivity contribution in [2.75, 3.05) is 12.4 Å². The molecular formula is C28H25ClN2O6S2. The second-order valence-electron chi connectivity index (χ2n) is 8.58. The van der Waals surface area contributed by atoms with Crippen molar-refractivity contribution in [3.63, 3.8) is 0 Å². The number of benzene rings is 4. The number of phenolic OH excluding ortho intramolecular Hbond substituents is 1. The van der Waals surface area contributed by atoms with Gasteiger partial charge in [0.2, 0.25) is 9.84 Å². The molecule has 2 N–H and O–H groups in total. The zero-order valence-corrected chi connectivity index (χ0v) is 23.6. The Hall–Kier alpha value is -3.86. The lowest BCUT2D eigenvalue weighted by molar-refractivity contribution is 0.414. The quantitative estimate of drug-likeness (QED) is 0.161. The fourth-order valence-corrected chi connectivity index (χ4v) is 6.65. The van der Waals surface area contributed by atoms with Gasteiger partial charge in [0, 0.05) is 16.1 Å². The van der Waals surface area contributed by atoms with Crippen molar-refractivity contribution in [2.24, 2.45) is 4.40 Å². The molecule has 8 nitrogen and oxygen atoms in total. The van der Waals surface area contributed by atoms with E-state index >= 15 is 0 Å². The number of aromatic hydroxyl groups is 1. The van der Waals surface area contributed by atoms with Crippen LogP contribution in [0.25, 0.3) is 0 Å². The minimum atomic E-state index is -4.23. The van der Waals surface area contributed by atoms with Crippen LogP contribution in [0.5, 0.6) is 11.5 Å². The Morgan fingerprint density at radius 1 is 0.872 bits per heavy atom. The summed E-state index contributed by atoms with van der Waals surface area (Å²) in [6.45, 7) is 3.09. The van der Waals surface area contributed by atoms with Gasteiger partial charge in [-0.2, -0.15) is 8.42 Å². The highest BCUT2D eigenvalue weighted by molar-refractivity contribution is 7.91. The smallest absolute Gasteiger partial charge is 0.284 e. The van der Waals surface area contributed by atoms with E-state index in [-0.39, 0.29) is 37.5 Å². The van der Waals surface area contributed by atoms with Crippen LogP contribution in [0.1, 0.15) is 16.7 Å². The van der Waals surface area contributed by atoms with Crippen LogP contribution in [0.3, 0.4) is 0 Å². The zero-order chi connectivity index (χ0) is 28.4. The molecule has 0 saturated heterocycles. The van der Waals surface area contributed by atoms with Crippen molar-refractivity contribution >= 4 is 43.0 Å². The van der Waals surface area contributed by atoms with E-state index in [0.29, 0.717) is 21.9 Å². The van der Waals surface area contributed by atoms with E-state index in [0.717, 1.165) is 0 Å². The SMILES string of the molecule is COc1ccc(S(=O)(=O)c2c(NC(=NS(=O)(=O)c3ccc(Cl)cc3)c3ccccc3)cc(C)c(O)c2C)cc1. The van der Waals surface area contributed by atoms with E-state index in [1.807, 2.05) is 0 Å². The molecular weight excluding hydrogens is 560 g/mol. The number of sulfonamides is 1. The number of aryl methyl sites for hydroxylation is 1. The largest absolute Gasteiger partial charge is 0.507 e. The highest BCUT2D eigenvalue weighted by Gasteiger charge is 2.28. The van der Waals surface area contributed by atoms with Crippen LogP contribution in [0.2, 0.25) is 5.02 Å². The molecule has 0 aliphatic rings. The summed E-state index contributed by atoms with van der Waals surface area (Å²) < 4.78 is 63.3. The number of hydrogen-bond acceptors (Lipinski definition) is 6. The molecule has 0 unspecified atom stereocenters. The van der Waals surface area contributed by atoms with E-state index in [4.69, 9.17) is 16.3 Å². The fraction of sp³-hybridized carbons (Fsp3) is 0.107. The lowest BCUT2D eigenvalue weighted by Crippen LogP contribution is -2.19. The van der Waals surface area contributed by atoms with Crippen molar-refractivity contribution < 1.29 is 26.7 Å². The summed E-state index contributed by atoms with van der Waals surface area (Å²) in [6, 6.07) is 21.2. The first-order chi connectivity index (χ1) is 18.4. The van der Waals surface area contributed by atoms with Gasteiger partial charge < -0.3 is 15.2 Å². The van der Waals surface area contributed by atoms with E-state index in [1.165, 1.54) is 68.6 Å². The van der Waals surface area contributed by atoms with Gasteiger partial charge in [0.25, 0.3) is 10.0 Å². The average Bonchev–Trinajstić information content (AvgIpc) is 2.92. The van der Waals surface area contributed by atoms with Crippen molar-refractivity contribution in [1.82, 2.24) is 0 Å². The Balaban J connectivity index is 1.92. The number of amidine groups is 1. The summed E-state index contributed by atoms with van der Waals surface area (Å²) in [4.78, 5) is -0.348. The first kappa shape index (κ1) is 28.2. The number of ether oxygens (including phenoxy) is 1. The predicted octanol–water partition coefficient (Wildman–Crippen LogP) is 5.75. The van der Waals surface area contributed by atoms with Crippen LogP contribution in [0.15, 0.2) is 104 Å². The molecule has 0 atom stereocenters. The Morgan fingerprint density at radius 2 is 1.46 bits per heavy atom. The topological polar surface area (TPSA) is 122 Å². The molecule has 202 valence electrons. The van der Waals surface area contributed by atoms with Gasteiger partial charge in [-0.25, -0.2) is 8.42 Å². The van der Waals surface area contributed by atoms with Gasteiger partial charge in [-0.15, -0.1) is 4.40 Å². The zero-order valence-electron chi connectivity index (χ0n) is 21.2. The van der Waals surface area contributed by atoms with Gasteiger partial charge in [0.05, 0.1) is 22.6 Å². The summed E-state index contributed by atoms with van der Waals surface area (Å²) in [5, 5.41) is 14.0. The summed E-state index contributed by atoms with van der Waals surface area (Å²) in [6.07, 6.45) is 0. The van der Waals surface area contributed by atoms with E-state index in [9.17, 15) is 21.9 Å². The second kappa shape index (κ2) is 11.1. The number of halogens is 1. The van der Waals surface area contributed by atoms with Crippen molar-refractivity contribution in [2.45, 2.75) is 28.5 Å². The van der Waals surface area contributed by atoms with Gasteiger partial charge >= 0.3 is 0 Å². The number of hydrogen-bond donors (Lipinski definition) is 2. The maximum Gasteiger partial charge on any atom is 0.284 e. The Kier molecular flexibility index (Phi) is 8.01. The van der Waals surface area contributed by atoms with Crippen LogP contribution >= 0.6 is 11.6 Å². The first-order valence-electron chi connectivity index (χ1n) is 11.6. The van der Waals surface area contributed by atoms with E-state index < -0.39 is 19.9 Å². The van der Waals surface area contributed by atoms with Crippen LogP contribution in [0, 0.1) is 13.8 Å². The standard InChI is InChI=1S/C28H25ClN2O6S2/c1-18-17-25(27(19(2)26(18)32)38(33,34)23-15-11-22(37-3)12-16-23)30-28(20-7-5-4-6-8-20)31-39(35,36)24-13-9-21(29)10-14-24/h4-17,32H,1-3H3,(H,30,31). The second-order valence-corrected chi connectivity index (χ2v) is 12.5. The normalized spacial score (nSPS) is 12.3. The molecule has 4 aromatic rings. The summed E-state index contributed by atoms with van der Waals surface area (Å²) in [5.41, 5.74) is 0.927. The number of anilines is 1. The highest BCUT2D eigenvalue weighted by Crippen LogP contribution is 2.38. The summed E-state index contributed by atoms with van der Waals surface area (Å²) in [5.74, 6) is 0.169. The fourth-order valence-electron chi connectivity index (χ4n) is 3.92. The Bertz CT molecular complexity index is 1750. The van der Waals surface area contributed by atoms with Crippen LogP contribution < -0.4 is 10.1 Å². The Morgan fingerprint density at radius 3 is 2.05 bits per heavy atom. The third-order valence-electron chi connectivity index (χ3n) is 5.94. The Labute approximate surface area is 232 Å². The maximum absolute atomic E-state index is 13.8. The monoisotopic (exact) mass is 584 g/mol. The number of rotatable bonds is 7. The third kappa shape index (κ3) is 5.93. The molecule has 4 aromatic carbocycles. The lowest BCUT2D eigenvalue weighted by Gasteiger charge is -2.19. The third-order valence-corrected chi connectivity index (χ3v) is 9.44.